The third-order valence-corrected chi connectivity index (χ3v) is 5.28. The third-order valence-electron chi connectivity index (χ3n) is 3.75. The minimum atomic E-state index is 0.426. The van der Waals surface area contributed by atoms with Gasteiger partial charge in [0.25, 0.3) is 0 Å². The van der Waals surface area contributed by atoms with Gasteiger partial charge in [-0.1, -0.05) is 25.6 Å². The van der Waals surface area contributed by atoms with Crippen molar-refractivity contribution < 1.29 is 0 Å². The van der Waals surface area contributed by atoms with E-state index < -0.39 is 0 Å². The van der Waals surface area contributed by atoms with E-state index in [1.165, 1.54) is 25.0 Å². The highest BCUT2D eigenvalue weighted by molar-refractivity contribution is 7.99. The number of nitrogens with two attached hydrogens (primary N) is 1. The van der Waals surface area contributed by atoms with Crippen LogP contribution < -0.4 is 11.1 Å². The summed E-state index contributed by atoms with van der Waals surface area (Å²) < 4.78 is 0. The van der Waals surface area contributed by atoms with Gasteiger partial charge >= 0.3 is 0 Å². The Bertz CT molecular complexity index is 502. The van der Waals surface area contributed by atoms with Gasteiger partial charge in [0.2, 0.25) is 0 Å². The van der Waals surface area contributed by atoms with Gasteiger partial charge in [0.1, 0.15) is 4.99 Å². The maximum absolute atomic E-state index is 5.88. The highest BCUT2D eigenvalue weighted by Gasteiger charge is 2.28. The second-order valence-electron chi connectivity index (χ2n) is 5.31. The molecule has 1 saturated carbocycles. The lowest BCUT2D eigenvalue weighted by atomic mass is 10.1. The van der Waals surface area contributed by atoms with E-state index in [-0.39, 0.29) is 0 Å². The van der Waals surface area contributed by atoms with Crippen LogP contribution in [0.4, 0.5) is 5.69 Å². The minimum absolute atomic E-state index is 0.426. The molecule has 3 nitrogen and oxygen atoms in total. The Balaban J connectivity index is 2.26. The average molecular weight is 310 g/mol. The normalized spacial score (nSPS) is 21.9. The lowest BCUT2D eigenvalue weighted by Crippen LogP contribution is -2.28. The van der Waals surface area contributed by atoms with E-state index in [0.717, 1.165) is 22.6 Å². The molecular formula is C15H23N3S2. The van der Waals surface area contributed by atoms with Crippen molar-refractivity contribution >= 4 is 34.7 Å². The zero-order valence-corrected chi connectivity index (χ0v) is 14.0. The second kappa shape index (κ2) is 6.76. The molecule has 0 aliphatic heterocycles. The van der Waals surface area contributed by atoms with Crippen LogP contribution in [0.25, 0.3) is 0 Å². The Labute approximate surface area is 131 Å². The maximum atomic E-state index is 5.88. The Hall–Kier alpha value is -0.810. The molecule has 5 heteroatoms. The number of hydrogen-bond donors (Lipinski definition) is 2. The van der Waals surface area contributed by atoms with Crippen molar-refractivity contribution in [1.29, 1.82) is 0 Å². The molecular weight excluding hydrogens is 286 g/mol. The average Bonchev–Trinajstić information content (AvgIpc) is 2.75. The quantitative estimate of drug-likeness (QED) is 0.816. The predicted octanol–water partition coefficient (Wildman–Crippen LogP) is 3.42. The molecule has 2 atom stereocenters. The number of nitrogens with zero attached hydrogens (tertiary/aromatic N) is 1. The number of nitrogens with one attached hydrogen (secondary N) is 1. The van der Waals surface area contributed by atoms with Crippen molar-refractivity contribution in [3.63, 3.8) is 0 Å². The summed E-state index contributed by atoms with van der Waals surface area (Å²) in [7, 11) is 0. The van der Waals surface area contributed by atoms with Crippen LogP contribution in [0.1, 0.15) is 43.1 Å². The first-order chi connectivity index (χ1) is 9.52. The zero-order chi connectivity index (χ0) is 14.7. The first kappa shape index (κ1) is 15.6. The van der Waals surface area contributed by atoms with Gasteiger partial charge in [0.15, 0.2) is 0 Å². The van der Waals surface area contributed by atoms with Crippen molar-refractivity contribution in [2.24, 2.45) is 5.73 Å². The molecule has 1 aliphatic rings. The first-order valence-electron chi connectivity index (χ1n) is 7.19. The highest BCUT2D eigenvalue weighted by Crippen LogP contribution is 2.33. The molecule has 0 radical (unpaired) electrons. The summed E-state index contributed by atoms with van der Waals surface area (Å²) in [4.78, 5) is 4.90. The first-order valence-corrected chi connectivity index (χ1v) is 8.64. The van der Waals surface area contributed by atoms with Gasteiger partial charge < -0.3 is 11.1 Å². The summed E-state index contributed by atoms with van der Waals surface area (Å²) in [6.07, 6.45) is 3.80. The molecule has 0 aromatic carbocycles. The van der Waals surface area contributed by atoms with E-state index in [0.29, 0.717) is 16.3 Å². The van der Waals surface area contributed by atoms with Gasteiger partial charge in [0, 0.05) is 28.4 Å². The fourth-order valence-electron chi connectivity index (χ4n) is 2.96. The van der Waals surface area contributed by atoms with Crippen molar-refractivity contribution in [2.75, 3.05) is 11.1 Å². The van der Waals surface area contributed by atoms with Crippen molar-refractivity contribution in [3.8, 4) is 0 Å². The molecule has 2 unspecified atom stereocenters. The molecule has 0 amide bonds. The number of aromatic nitrogens is 1. The molecule has 2 rings (SSSR count). The molecule has 1 aromatic heterocycles. The number of anilines is 1. The molecule has 1 aliphatic carbocycles. The molecule has 20 heavy (non-hydrogen) atoms. The van der Waals surface area contributed by atoms with Gasteiger partial charge in [0.05, 0.1) is 5.56 Å². The number of rotatable bonds is 5. The number of pyridine rings is 1. The molecule has 3 N–H and O–H groups in total. The summed E-state index contributed by atoms with van der Waals surface area (Å²) in [5.74, 6) is 1.17. The van der Waals surface area contributed by atoms with E-state index in [9.17, 15) is 0 Å². The van der Waals surface area contributed by atoms with Crippen LogP contribution in [-0.2, 0) is 0 Å². The molecule has 0 spiro atoms. The molecule has 110 valence electrons. The molecule has 1 aromatic rings. The van der Waals surface area contributed by atoms with Crippen LogP contribution in [-0.4, -0.2) is 27.0 Å². The Morgan fingerprint density at radius 3 is 2.90 bits per heavy atom. The van der Waals surface area contributed by atoms with Crippen LogP contribution in [0.2, 0.25) is 0 Å². The largest absolute Gasteiger partial charge is 0.389 e. The number of thioether (sulfide) groups is 1. The number of hydrogen-bond acceptors (Lipinski definition) is 4. The highest BCUT2D eigenvalue weighted by atomic mass is 32.2. The van der Waals surface area contributed by atoms with E-state index in [1.807, 2.05) is 25.6 Å². The van der Waals surface area contributed by atoms with Crippen LogP contribution in [0.5, 0.6) is 0 Å². The monoisotopic (exact) mass is 309 g/mol. The Kier molecular flexibility index (Phi) is 5.27. The van der Waals surface area contributed by atoms with Crippen molar-refractivity contribution in [1.82, 2.24) is 4.98 Å². The number of thiocarbonyl (C=S) groups is 1. The lowest BCUT2D eigenvalue weighted by Gasteiger charge is -2.23. The summed E-state index contributed by atoms with van der Waals surface area (Å²) in [5, 5.41) is 4.37. The smallest absolute Gasteiger partial charge is 0.107 e. The number of aryl methyl sites for hydroxylation is 2. The van der Waals surface area contributed by atoms with Gasteiger partial charge in [-0.3, -0.25) is 4.98 Å². The van der Waals surface area contributed by atoms with Crippen molar-refractivity contribution in [3.05, 3.63) is 23.0 Å². The van der Waals surface area contributed by atoms with Crippen LogP contribution in [0.15, 0.2) is 6.07 Å². The Morgan fingerprint density at radius 2 is 2.25 bits per heavy atom. The Morgan fingerprint density at radius 1 is 1.50 bits per heavy atom. The van der Waals surface area contributed by atoms with E-state index in [2.05, 4.69) is 23.3 Å². The topological polar surface area (TPSA) is 50.9 Å². The van der Waals surface area contributed by atoms with E-state index in [4.69, 9.17) is 18.0 Å². The zero-order valence-electron chi connectivity index (χ0n) is 12.4. The molecule has 0 bridgehead atoms. The SMILES string of the molecule is CCSC1CCCC1Nc1cc(C)nc(C)c1C(N)=S. The summed E-state index contributed by atoms with van der Waals surface area (Å²) in [6.45, 7) is 6.20. The fourth-order valence-corrected chi connectivity index (χ4v) is 4.41. The minimum Gasteiger partial charge on any atom is -0.389 e. The summed E-state index contributed by atoms with van der Waals surface area (Å²) in [6, 6.07) is 2.57. The second-order valence-corrected chi connectivity index (χ2v) is 7.27. The van der Waals surface area contributed by atoms with Crippen LogP contribution >= 0.6 is 24.0 Å². The maximum Gasteiger partial charge on any atom is 0.107 e. The molecule has 1 fully saturated rings. The predicted molar refractivity (Wildman–Crippen MR) is 92.8 cm³/mol. The summed E-state index contributed by atoms with van der Waals surface area (Å²) in [5.41, 5.74) is 9.75. The van der Waals surface area contributed by atoms with Crippen LogP contribution in [0.3, 0.4) is 0 Å². The van der Waals surface area contributed by atoms with Gasteiger partial charge in [-0.25, -0.2) is 0 Å². The van der Waals surface area contributed by atoms with Gasteiger partial charge in [-0.15, -0.1) is 0 Å². The van der Waals surface area contributed by atoms with Gasteiger partial charge in [-0.05, 0) is 38.5 Å². The molecule has 0 saturated heterocycles. The molecule has 1 heterocycles. The van der Waals surface area contributed by atoms with Crippen molar-refractivity contribution in [2.45, 2.75) is 51.3 Å². The standard InChI is InChI=1S/C15H23N3S2/c1-4-20-13-7-5-6-11(13)18-12-8-9(2)17-10(3)14(12)15(16)19/h8,11,13H,4-7H2,1-3H3,(H2,16,19)(H,17,18). The van der Waals surface area contributed by atoms with Gasteiger partial charge in [-0.2, -0.15) is 11.8 Å². The third kappa shape index (κ3) is 3.44. The summed E-state index contributed by atoms with van der Waals surface area (Å²) >= 11 is 7.24. The van der Waals surface area contributed by atoms with E-state index in [1.54, 1.807) is 0 Å². The van der Waals surface area contributed by atoms with E-state index >= 15 is 0 Å². The van der Waals surface area contributed by atoms with Crippen LogP contribution in [0, 0.1) is 13.8 Å². The lowest BCUT2D eigenvalue weighted by molar-refractivity contribution is 0.766. The fraction of sp³-hybridized carbons (Fsp3) is 0.600.